The third-order valence-electron chi connectivity index (χ3n) is 3.02. The van der Waals surface area contributed by atoms with Crippen molar-refractivity contribution in [3.8, 4) is 0 Å². The summed E-state index contributed by atoms with van der Waals surface area (Å²) in [5.74, 6) is -2.02. The number of halogens is 2. The highest BCUT2D eigenvalue weighted by Gasteiger charge is 2.22. The van der Waals surface area contributed by atoms with Crippen LogP contribution in [0.3, 0.4) is 0 Å². The molecule has 5 nitrogen and oxygen atoms in total. The smallest absolute Gasteiger partial charge is 0.327 e. The molecule has 1 unspecified atom stereocenters. The number of hydrogen-bond acceptors (Lipinski definition) is 4. The number of hydrogen-bond donors (Lipinski definition) is 1. The largest absolute Gasteiger partial charge is 0.379 e. The van der Waals surface area contributed by atoms with Crippen molar-refractivity contribution in [2.45, 2.75) is 25.4 Å². The van der Waals surface area contributed by atoms with Gasteiger partial charge in [0, 0.05) is 25.3 Å². The highest BCUT2D eigenvalue weighted by Crippen LogP contribution is 2.29. The average molecular weight is 272 g/mol. The first-order valence-corrected chi connectivity index (χ1v) is 6.07. The molecular weight excluding hydrogens is 258 g/mol. The molecule has 104 valence electrons. The number of nitro groups is 1. The van der Waals surface area contributed by atoms with Crippen molar-refractivity contribution in [3.63, 3.8) is 0 Å². The molecule has 1 aliphatic rings. The van der Waals surface area contributed by atoms with Gasteiger partial charge in [0.25, 0.3) is 0 Å². The van der Waals surface area contributed by atoms with Gasteiger partial charge in [-0.1, -0.05) is 0 Å². The summed E-state index contributed by atoms with van der Waals surface area (Å²) in [6.07, 6.45) is 2.71. The van der Waals surface area contributed by atoms with E-state index in [0.717, 1.165) is 25.5 Å². The molecule has 0 saturated carbocycles. The minimum absolute atomic E-state index is 0.116. The van der Waals surface area contributed by atoms with E-state index in [1.807, 2.05) is 0 Å². The number of nitrogens with one attached hydrogen (secondary N) is 1. The zero-order chi connectivity index (χ0) is 13.8. The summed E-state index contributed by atoms with van der Waals surface area (Å²) in [6, 6.07) is 1.43. The summed E-state index contributed by atoms with van der Waals surface area (Å²) in [4.78, 5) is 9.89. The molecule has 1 saturated heterocycles. The second-order valence-corrected chi connectivity index (χ2v) is 4.39. The molecule has 1 fully saturated rings. The Bertz CT molecular complexity index is 476. The van der Waals surface area contributed by atoms with E-state index in [4.69, 9.17) is 4.74 Å². The summed E-state index contributed by atoms with van der Waals surface area (Å²) in [6.45, 7) is 1.09. The maximum Gasteiger partial charge on any atom is 0.327 e. The number of nitrogens with zero attached hydrogens (tertiary/aromatic N) is 1. The quantitative estimate of drug-likeness (QED) is 0.661. The van der Waals surface area contributed by atoms with Crippen molar-refractivity contribution < 1.29 is 18.4 Å². The summed E-state index contributed by atoms with van der Waals surface area (Å²) >= 11 is 0. The molecule has 0 spiro atoms. The SMILES string of the molecule is O=[N+]([O-])c1c(F)cc(F)cc1NCCC1CCCO1. The van der Waals surface area contributed by atoms with Crippen LogP contribution in [-0.4, -0.2) is 24.2 Å². The maximum absolute atomic E-state index is 13.3. The molecule has 0 aliphatic carbocycles. The van der Waals surface area contributed by atoms with E-state index in [9.17, 15) is 18.9 Å². The first-order chi connectivity index (χ1) is 9.08. The van der Waals surface area contributed by atoms with Gasteiger partial charge >= 0.3 is 5.69 Å². The molecule has 0 amide bonds. The van der Waals surface area contributed by atoms with Crippen molar-refractivity contribution in [1.82, 2.24) is 0 Å². The van der Waals surface area contributed by atoms with E-state index < -0.39 is 22.2 Å². The minimum atomic E-state index is -1.18. The number of rotatable bonds is 5. The van der Waals surface area contributed by atoms with Crippen LogP contribution in [0.2, 0.25) is 0 Å². The van der Waals surface area contributed by atoms with Gasteiger partial charge in [0.15, 0.2) is 0 Å². The number of benzene rings is 1. The molecule has 0 bridgehead atoms. The summed E-state index contributed by atoms with van der Waals surface area (Å²) in [5.41, 5.74) is -0.866. The van der Waals surface area contributed by atoms with Crippen molar-refractivity contribution in [3.05, 3.63) is 33.9 Å². The van der Waals surface area contributed by atoms with Gasteiger partial charge in [-0.2, -0.15) is 4.39 Å². The lowest BCUT2D eigenvalue weighted by Gasteiger charge is -2.11. The van der Waals surface area contributed by atoms with E-state index in [0.29, 0.717) is 19.0 Å². The molecule has 1 heterocycles. The van der Waals surface area contributed by atoms with Gasteiger partial charge in [0.1, 0.15) is 11.5 Å². The monoisotopic (exact) mass is 272 g/mol. The molecule has 0 aromatic heterocycles. The Morgan fingerprint density at radius 2 is 2.26 bits per heavy atom. The lowest BCUT2D eigenvalue weighted by atomic mass is 10.2. The van der Waals surface area contributed by atoms with Gasteiger partial charge in [0.2, 0.25) is 5.82 Å². The van der Waals surface area contributed by atoms with Gasteiger partial charge in [-0.15, -0.1) is 0 Å². The Balaban J connectivity index is 2.03. The number of anilines is 1. The first-order valence-electron chi connectivity index (χ1n) is 6.07. The lowest BCUT2D eigenvalue weighted by Crippen LogP contribution is -2.13. The fourth-order valence-electron chi connectivity index (χ4n) is 2.13. The van der Waals surface area contributed by atoms with Crippen molar-refractivity contribution in [1.29, 1.82) is 0 Å². The predicted octanol–water partition coefficient (Wildman–Crippen LogP) is 2.85. The highest BCUT2D eigenvalue weighted by molar-refractivity contribution is 5.62. The van der Waals surface area contributed by atoms with Crippen LogP contribution in [0, 0.1) is 21.7 Å². The van der Waals surface area contributed by atoms with E-state index in [1.165, 1.54) is 0 Å². The Morgan fingerprint density at radius 3 is 2.89 bits per heavy atom. The van der Waals surface area contributed by atoms with Crippen molar-refractivity contribution >= 4 is 11.4 Å². The molecule has 19 heavy (non-hydrogen) atoms. The van der Waals surface area contributed by atoms with Gasteiger partial charge in [-0.05, 0) is 19.3 Å². The second kappa shape index (κ2) is 5.92. The molecule has 2 rings (SSSR count). The fraction of sp³-hybridized carbons (Fsp3) is 0.500. The van der Waals surface area contributed by atoms with Gasteiger partial charge in [-0.3, -0.25) is 10.1 Å². The van der Waals surface area contributed by atoms with Gasteiger partial charge < -0.3 is 10.1 Å². The molecule has 1 aromatic rings. The van der Waals surface area contributed by atoms with Crippen LogP contribution in [0.25, 0.3) is 0 Å². The Morgan fingerprint density at radius 1 is 1.47 bits per heavy atom. The number of ether oxygens (including phenoxy) is 1. The van der Waals surface area contributed by atoms with Crippen LogP contribution in [0.1, 0.15) is 19.3 Å². The maximum atomic E-state index is 13.3. The first kappa shape index (κ1) is 13.7. The molecule has 1 N–H and O–H groups in total. The summed E-state index contributed by atoms with van der Waals surface area (Å²) in [5, 5.41) is 13.5. The van der Waals surface area contributed by atoms with Crippen LogP contribution in [0.15, 0.2) is 12.1 Å². The standard InChI is InChI=1S/C12H14F2N2O3/c13-8-6-10(14)12(16(17)18)11(7-8)15-4-3-9-2-1-5-19-9/h6-7,9,15H,1-5H2. The second-order valence-electron chi connectivity index (χ2n) is 4.39. The van der Waals surface area contributed by atoms with E-state index in [1.54, 1.807) is 0 Å². The van der Waals surface area contributed by atoms with Crippen LogP contribution < -0.4 is 5.32 Å². The predicted molar refractivity (Wildman–Crippen MR) is 65.1 cm³/mol. The lowest BCUT2D eigenvalue weighted by molar-refractivity contribution is -0.386. The van der Waals surface area contributed by atoms with Crippen LogP contribution in [-0.2, 0) is 4.74 Å². The molecule has 7 heteroatoms. The van der Waals surface area contributed by atoms with Crippen LogP contribution >= 0.6 is 0 Å². The zero-order valence-corrected chi connectivity index (χ0v) is 10.2. The fourth-order valence-corrected chi connectivity index (χ4v) is 2.13. The molecule has 1 aromatic carbocycles. The van der Waals surface area contributed by atoms with E-state index in [2.05, 4.69) is 5.32 Å². The van der Waals surface area contributed by atoms with Gasteiger partial charge in [-0.25, -0.2) is 4.39 Å². The Labute approximate surface area is 108 Å². The average Bonchev–Trinajstić information content (AvgIpc) is 2.80. The number of nitro benzene ring substituents is 1. The third-order valence-corrected chi connectivity index (χ3v) is 3.02. The molecule has 1 atom stereocenters. The molecular formula is C12H14F2N2O3. The molecule has 1 aliphatic heterocycles. The summed E-state index contributed by atoms with van der Waals surface area (Å²) < 4.78 is 31.8. The van der Waals surface area contributed by atoms with Crippen molar-refractivity contribution in [2.24, 2.45) is 0 Å². The molecule has 0 radical (unpaired) electrons. The summed E-state index contributed by atoms with van der Waals surface area (Å²) in [7, 11) is 0. The Kier molecular flexibility index (Phi) is 4.26. The van der Waals surface area contributed by atoms with Crippen LogP contribution in [0.4, 0.5) is 20.2 Å². The zero-order valence-electron chi connectivity index (χ0n) is 10.2. The minimum Gasteiger partial charge on any atom is -0.379 e. The van der Waals surface area contributed by atoms with Crippen molar-refractivity contribution in [2.75, 3.05) is 18.5 Å². The topological polar surface area (TPSA) is 64.4 Å². The van der Waals surface area contributed by atoms with E-state index >= 15 is 0 Å². The Hall–Kier alpha value is -1.76. The van der Waals surface area contributed by atoms with E-state index in [-0.39, 0.29) is 11.8 Å². The third kappa shape index (κ3) is 3.37. The normalized spacial score (nSPS) is 18.5. The van der Waals surface area contributed by atoms with Gasteiger partial charge in [0.05, 0.1) is 11.0 Å². The highest BCUT2D eigenvalue weighted by atomic mass is 19.1. The van der Waals surface area contributed by atoms with Crippen LogP contribution in [0.5, 0.6) is 0 Å².